The molecule has 0 amide bonds. The lowest BCUT2D eigenvalue weighted by molar-refractivity contribution is -0.122. The van der Waals surface area contributed by atoms with Gasteiger partial charge in [0.05, 0.1) is 14.2 Å². The number of carbonyl (C=O) groups is 1. The summed E-state index contributed by atoms with van der Waals surface area (Å²) >= 11 is 0. The zero-order valence-electron chi connectivity index (χ0n) is 11.4. The van der Waals surface area contributed by atoms with Crippen LogP contribution >= 0.6 is 0 Å². The van der Waals surface area contributed by atoms with Crippen molar-refractivity contribution in [2.75, 3.05) is 0 Å². The molecule has 0 aromatic carbocycles. The van der Waals surface area contributed by atoms with Crippen molar-refractivity contribution in [2.24, 2.45) is 0 Å². The summed E-state index contributed by atoms with van der Waals surface area (Å²) in [4.78, 5) is 11.9. The van der Waals surface area contributed by atoms with Gasteiger partial charge in [-0.15, -0.1) is 0 Å². The van der Waals surface area contributed by atoms with Crippen molar-refractivity contribution in [1.29, 1.82) is 0 Å². The van der Waals surface area contributed by atoms with E-state index in [1.54, 1.807) is 13.8 Å². The third-order valence-corrected chi connectivity index (χ3v) is 11.9. The maximum absolute atomic E-state index is 11.9. The third kappa shape index (κ3) is 2.18. The molecule has 90 valence electrons. The number of Topliss-reactive ketones (excluding diaryl/α,β-unsaturated/α-hetero) is 1. The molecular formula is C12H26O2Si. The average Bonchev–Trinajstić information content (AvgIpc) is 1.99. The summed E-state index contributed by atoms with van der Waals surface area (Å²) < 4.78 is 0. The normalized spacial score (nSPS) is 19.5. The van der Waals surface area contributed by atoms with E-state index >= 15 is 0 Å². The standard InChI is InChI=1S/C12H26O2Si/c1-9(13)12(6,10(2)14)15(7,8)11(3,4)5/h9,13H,1-8H3/t9-,12+/m0/s1. The van der Waals surface area contributed by atoms with Crippen molar-refractivity contribution in [3.8, 4) is 0 Å². The Morgan fingerprint density at radius 3 is 1.60 bits per heavy atom. The fourth-order valence-corrected chi connectivity index (χ4v) is 5.52. The van der Waals surface area contributed by atoms with Crippen LogP contribution in [0.5, 0.6) is 0 Å². The second kappa shape index (κ2) is 4.02. The van der Waals surface area contributed by atoms with Gasteiger partial charge in [-0.05, 0) is 18.9 Å². The molecule has 0 aliphatic carbocycles. The highest BCUT2D eigenvalue weighted by Gasteiger charge is 2.55. The van der Waals surface area contributed by atoms with E-state index in [9.17, 15) is 9.90 Å². The highest BCUT2D eigenvalue weighted by molar-refractivity contribution is 6.86. The lowest BCUT2D eigenvalue weighted by atomic mass is 10.0. The molecule has 0 fully saturated rings. The Morgan fingerprint density at radius 2 is 1.53 bits per heavy atom. The van der Waals surface area contributed by atoms with Crippen molar-refractivity contribution in [1.82, 2.24) is 0 Å². The van der Waals surface area contributed by atoms with Gasteiger partial charge in [-0.3, -0.25) is 4.79 Å². The Kier molecular flexibility index (Phi) is 3.98. The van der Waals surface area contributed by atoms with E-state index in [0.717, 1.165) is 0 Å². The van der Waals surface area contributed by atoms with Crippen LogP contribution in [0.4, 0.5) is 0 Å². The molecule has 0 aromatic heterocycles. The van der Waals surface area contributed by atoms with E-state index in [1.807, 2.05) is 6.92 Å². The van der Waals surface area contributed by atoms with E-state index in [0.29, 0.717) is 0 Å². The molecule has 0 spiro atoms. The van der Waals surface area contributed by atoms with Gasteiger partial charge < -0.3 is 5.11 Å². The van der Waals surface area contributed by atoms with E-state index < -0.39 is 19.2 Å². The Morgan fingerprint density at radius 1 is 1.20 bits per heavy atom. The first-order chi connectivity index (χ1) is 6.39. The van der Waals surface area contributed by atoms with Crippen LogP contribution in [-0.4, -0.2) is 25.1 Å². The van der Waals surface area contributed by atoms with Gasteiger partial charge in [-0.1, -0.05) is 40.8 Å². The molecule has 0 heterocycles. The Hall–Kier alpha value is -0.153. The number of rotatable bonds is 3. The molecule has 0 aliphatic heterocycles. The molecule has 0 rings (SSSR count). The first-order valence-corrected chi connectivity index (χ1v) is 8.58. The molecule has 1 N–H and O–H groups in total. The fourth-order valence-electron chi connectivity index (χ4n) is 2.04. The van der Waals surface area contributed by atoms with Gasteiger partial charge in [-0.2, -0.15) is 0 Å². The summed E-state index contributed by atoms with van der Waals surface area (Å²) in [5, 5.41) is 9.49. The third-order valence-electron chi connectivity index (χ3n) is 4.74. The van der Waals surface area contributed by atoms with Crippen LogP contribution in [0.15, 0.2) is 0 Å². The molecule has 15 heavy (non-hydrogen) atoms. The lowest BCUT2D eigenvalue weighted by Crippen LogP contribution is -2.56. The molecule has 0 aromatic rings. The predicted octanol–water partition coefficient (Wildman–Crippen LogP) is 3.23. The maximum atomic E-state index is 11.9. The van der Waals surface area contributed by atoms with Gasteiger partial charge in [0, 0.05) is 5.04 Å². The van der Waals surface area contributed by atoms with Crippen molar-refractivity contribution >= 4 is 13.9 Å². The van der Waals surface area contributed by atoms with E-state index in [2.05, 4.69) is 33.9 Å². The molecular weight excluding hydrogens is 204 g/mol. The lowest BCUT2D eigenvalue weighted by Gasteiger charge is -2.50. The van der Waals surface area contributed by atoms with Gasteiger partial charge in [-0.25, -0.2) is 0 Å². The first kappa shape index (κ1) is 14.8. The molecule has 0 saturated heterocycles. The summed E-state index contributed by atoms with van der Waals surface area (Å²) in [6, 6.07) is 0. The van der Waals surface area contributed by atoms with Crippen LogP contribution in [0.2, 0.25) is 23.2 Å². The molecule has 0 saturated carbocycles. The van der Waals surface area contributed by atoms with Crippen molar-refractivity contribution in [3.05, 3.63) is 0 Å². The molecule has 3 heteroatoms. The number of hydrogen-bond acceptors (Lipinski definition) is 2. The minimum absolute atomic E-state index is 0.102. The zero-order valence-corrected chi connectivity index (χ0v) is 12.4. The second-order valence-electron chi connectivity index (χ2n) is 6.31. The Balaban J connectivity index is 5.57. The van der Waals surface area contributed by atoms with Gasteiger partial charge in [0.25, 0.3) is 0 Å². The van der Waals surface area contributed by atoms with Crippen LogP contribution in [0, 0.1) is 0 Å². The van der Waals surface area contributed by atoms with E-state index in [4.69, 9.17) is 0 Å². The van der Waals surface area contributed by atoms with Gasteiger partial charge >= 0.3 is 0 Å². The van der Waals surface area contributed by atoms with Crippen LogP contribution in [-0.2, 0) is 4.79 Å². The smallest absolute Gasteiger partial charge is 0.135 e. The number of hydrogen-bond donors (Lipinski definition) is 1. The van der Waals surface area contributed by atoms with Crippen molar-refractivity contribution < 1.29 is 9.90 Å². The molecule has 2 atom stereocenters. The monoisotopic (exact) mass is 230 g/mol. The molecule has 0 bridgehead atoms. The molecule has 2 nitrogen and oxygen atoms in total. The predicted molar refractivity (Wildman–Crippen MR) is 67.9 cm³/mol. The van der Waals surface area contributed by atoms with Gasteiger partial charge in [0.2, 0.25) is 0 Å². The zero-order chi connectivity index (χ0) is 12.7. The highest BCUT2D eigenvalue weighted by atomic mass is 28.3. The number of ketones is 1. The summed E-state index contributed by atoms with van der Waals surface area (Å²) in [5.74, 6) is 0.115. The number of carbonyl (C=O) groups excluding carboxylic acids is 1. The summed E-state index contributed by atoms with van der Waals surface area (Å²) in [6.45, 7) is 16.2. The highest BCUT2D eigenvalue weighted by Crippen LogP contribution is 2.53. The average molecular weight is 230 g/mol. The van der Waals surface area contributed by atoms with E-state index in [1.165, 1.54) is 0 Å². The fraction of sp³-hybridized carbons (Fsp3) is 0.917. The van der Waals surface area contributed by atoms with Gasteiger partial charge in [0.15, 0.2) is 0 Å². The SMILES string of the molecule is CC(=O)[C@@](C)([C@H](C)O)[Si](C)(C)C(C)(C)C. The second-order valence-corrected chi connectivity index (χ2v) is 12.1. The topological polar surface area (TPSA) is 37.3 Å². The minimum Gasteiger partial charge on any atom is -0.393 e. The first-order valence-electron chi connectivity index (χ1n) is 5.58. The van der Waals surface area contributed by atoms with Gasteiger partial charge in [0.1, 0.15) is 5.78 Å². The number of aliphatic hydroxyl groups excluding tert-OH is 1. The van der Waals surface area contributed by atoms with E-state index in [-0.39, 0.29) is 10.8 Å². The maximum Gasteiger partial charge on any atom is 0.135 e. The van der Waals surface area contributed by atoms with Crippen molar-refractivity contribution in [2.45, 2.75) is 70.8 Å². The summed E-state index contributed by atoms with van der Waals surface area (Å²) in [5.41, 5.74) is 0. The summed E-state index contributed by atoms with van der Waals surface area (Å²) in [7, 11) is -1.88. The molecule has 0 unspecified atom stereocenters. The molecule has 0 aliphatic rings. The Bertz CT molecular complexity index is 251. The summed E-state index contributed by atoms with van der Waals surface area (Å²) in [6.07, 6.45) is -0.573. The largest absolute Gasteiger partial charge is 0.393 e. The Labute approximate surface area is 95.1 Å². The van der Waals surface area contributed by atoms with Crippen LogP contribution in [0.3, 0.4) is 0 Å². The molecule has 0 radical (unpaired) electrons. The van der Waals surface area contributed by atoms with Crippen LogP contribution in [0.25, 0.3) is 0 Å². The quantitative estimate of drug-likeness (QED) is 0.756. The number of aliphatic hydroxyl groups is 1. The minimum atomic E-state index is -1.88. The van der Waals surface area contributed by atoms with Crippen LogP contribution < -0.4 is 0 Å². The van der Waals surface area contributed by atoms with Crippen LogP contribution in [0.1, 0.15) is 41.5 Å². The van der Waals surface area contributed by atoms with Crippen molar-refractivity contribution in [3.63, 3.8) is 0 Å².